The molecule has 1 aliphatic carbocycles. The van der Waals surface area contributed by atoms with Crippen molar-refractivity contribution in [2.75, 3.05) is 0 Å². The van der Waals surface area contributed by atoms with E-state index in [9.17, 15) is 21.2 Å². The van der Waals surface area contributed by atoms with Crippen molar-refractivity contribution >= 4 is 58.5 Å². The van der Waals surface area contributed by atoms with Gasteiger partial charge in [0.1, 0.15) is 16.4 Å². The maximum Gasteiger partial charge on any atom is 0.214 e. The Bertz CT molecular complexity index is 1240. The number of nitrogens with one attached hydrogen (secondary N) is 1. The molecule has 0 radical (unpaired) electrons. The van der Waals surface area contributed by atoms with Gasteiger partial charge in [0.2, 0.25) is 10.0 Å². The summed E-state index contributed by atoms with van der Waals surface area (Å²) in [7, 11) is -7.68. The SMILES string of the molecule is CC[C@H]1C[C@@H]2C[C@](c3cc(F)ccc3F)(S(=O)(=O)c3ccc(Cl)cc3)CC[C@@H]2NS1(=O)=O.S.S. The maximum atomic E-state index is 15.0. The lowest BCUT2D eigenvalue weighted by atomic mass is 9.72. The minimum Gasteiger partial charge on any atom is -0.223 e. The Morgan fingerprint density at radius 3 is 2.38 bits per heavy atom. The van der Waals surface area contributed by atoms with Gasteiger partial charge in [0.15, 0.2) is 9.84 Å². The predicted octanol–water partition coefficient (Wildman–Crippen LogP) is 4.78. The molecule has 1 saturated carbocycles. The Labute approximate surface area is 218 Å². The van der Waals surface area contributed by atoms with Gasteiger partial charge in [-0.1, -0.05) is 18.5 Å². The van der Waals surface area contributed by atoms with E-state index in [0.29, 0.717) is 11.4 Å². The van der Waals surface area contributed by atoms with E-state index in [1.165, 1.54) is 24.3 Å². The molecule has 1 N–H and O–H groups in total. The fourth-order valence-electron chi connectivity index (χ4n) is 5.17. The Kier molecular flexibility index (Phi) is 9.19. The first-order valence-electron chi connectivity index (χ1n) is 10.5. The molecule has 1 heterocycles. The Balaban J connectivity index is 0.00000204. The van der Waals surface area contributed by atoms with Crippen LogP contribution in [0.25, 0.3) is 0 Å². The van der Waals surface area contributed by atoms with Crippen molar-refractivity contribution in [3.05, 3.63) is 64.7 Å². The molecule has 0 bridgehead atoms. The molecule has 0 amide bonds. The lowest BCUT2D eigenvalue weighted by Crippen LogP contribution is -2.57. The molecule has 2 fully saturated rings. The first kappa shape index (κ1) is 29.4. The fraction of sp³-hybridized carbons (Fsp3) is 0.455. The van der Waals surface area contributed by atoms with Crippen LogP contribution in [0.1, 0.15) is 44.6 Å². The smallest absolute Gasteiger partial charge is 0.214 e. The summed E-state index contributed by atoms with van der Waals surface area (Å²) in [6, 6.07) is 8.02. The van der Waals surface area contributed by atoms with Gasteiger partial charge in [-0.25, -0.2) is 30.3 Å². The highest BCUT2D eigenvalue weighted by atomic mass is 35.5. The van der Waals surface area contributed by atoms with Crippen LogP contribution in [0.3, 0.4) is 0 Å². The number of fused-ring (bicyclic) bond motifs is 1. The number of rotatable bonds is 4. The topological polar surface area (TPSA) is 80.3 Å². The van der Waals surface area contributed by atoms with Crippen LogP contribution in [-0.4, -0.2) is 28.1 Å². The number of halogens is 3. The third kappa shape index (κ3) is 5.01. The third-order valence-corrected chi connectivity index (χ3v) is 11.7. The molecule has 12 heteroatoms. The number of hydrogen-bond acceptors (Lipinski definition) is 4. The second-order valence-corrected chi connectivity index (χ2v) is 13.3. The molecule has 2 aromatic rings. The van der Waals surface area contributed by atoms with E-state index in [1.54, 1.807) is 6.92 Å². The van der Waals surface area contributed by atoms with Gasteiger partial charge in [-0.2, -0.15) is 27.0 Å². The van der Waals surface area contributed by atoms with Gasteiger partial charge >= 0.3 is 0 Å². The van der Waals surface area contributed by atoms with E-state index in [-0.39, 0.29) is 69.1 Å². The van der Waals surface area contributed by atoms with Crippen molar-refractivity contribution in [3.63, 3.8) is 0 Å². The molecule has 190 valence electrons. The summed E-state index contributed by atoms with van der Waals surface area (Å²) in [6.45, 7) is 1.76. The average molecular weight is 572 g/mol. The van der Waals surface area contributed by atoms with Gasteiger partial charge < -0.3 is 0 Å². The molecule has 0 unspecified atom stereocenters. The van der Waals surface area contributed by atoms with Crippen molar-refractivity contribution in [1.82, 2.24) is 4.72 Å². The van der Waals surface area contributed by atoms with E-state index >= 15 is 4.39 Å². The van der Waals surface area contributed by atoms with Crippen LogP contribution in [0.5, 0.6) is 0 Å². The van der Waals surface area contributed by atoms with Crippen LogP contribution in [0, 0.1) is 17.6 Å². The van der Waals surface area contributed by atoms with Gasteiger partial charge in [-0.3, -0.25) is 0 Å². The zero-order valence-corrected chi connectivity index (χ0v) is 22.8. The molecule has 0 aromatic heterocycles. The van der Waals surface area contributed by atoms with Gasteiger partial charge in [-0.05, 0) is 80.5 Å². The Morgan fingerprint density at radius 2 is 1.76 bits per heavy atom. The quantitative estimate of drug-likeness (QED) is 0.572. The fourth-order valence-corrected chi connectivity index (χ4v) is 9.37. The van der Waals surface area contributed by atoms with Gasteiger partial charge in [-0.15, -0.1) is 0 Å². The van der Waals surface area contributed by atoms with Crippen molar-refractivity contribution in [3.8, 4) is 0 Å². The average Bonchev–Trinajstić information content (AvgIpc) is 2.74. The normalized spacial score (nSPS) is 28.2. The first-order chi connectivity index (χ1) is 15.0. The minimum atomic E-state index is -4.18. The van der Waals surface area contributed by atoms with E-state index in [0.717, 1.165) is 18.2 Å². The van der Waals surface area contributed by atoms with E-state index in [2.05, 4.69) is 4.72 Å². The standard InChI is InChI=1S/C22H24ClF2NO4S2.2H2S/c1-2-17-11-14-13-22(10-9-21(14)26-32(17,29)30,19-12-16(24)5-8-20(19)25)31(27,28)18-6-3-15(23)4-7-18;;/h3-8,12,14,17,21,26H,2,9-11,13H2,1H3;2*1H2/t14-,17+,21+,22-;;/m1../s1. The third-order valence-electron chi connectivity index (χ3n) is 6.85. The van der Waals surface area contributed by atoms with Crippen LogP contribution in [-0.2, 0) is 24.6 Å². The minimum absolute atomic E-state index is 0. The summed E-state index contributed by atoms with van der Waals surface area (Å²) in [5.74, 6) is -1.86. The molecular weight excluding hydrogens is 544 g/mol. The largest absolute Gasteiger partial charge is 0.223 e. The summed E-state index contributed by atoms with van der Waals surface area (Å²) < 4.78 is 83.1. The van der Waals surface area contributed by atoms with Crippen molar-refractivity contribution < 1.29 is 25.6 Å². The lowest BCUT2D eigenvalue weighted by molar-refractivity contribution is 0.206. The number of sulfone groups is 1. The van der Waals surface area contributed by atoms with Crippen molar-refractivity contribution in [1.29, 1.82) is 0 Å². The molecule has 4 rings (SSSR count). The van der Waals surface area contributed by atoms with Crippen LogP contribution in [0.2, 0.25) is 5.02 Å². The van der Waals surface area contributed by atoms with Crippen molar-refractivity contribution in [2.24, 2.45) is 5.92 Å². The summed E-state index contributed by atoms with van der Waals surface area (Å²) in [6.07, 6.45) is 0.791. The molecule has 2 aliphatic rings. The predicted molar refractivity (Wildman–Crippen MR) is 139 cm³/mol. The number of hydrogen-bond donors (Lipinski definition) is 1. The highest BCUT2D eigenvalue weighted by Gasteiger charge is 2.55. The monoisotopic (exact) mass is 571 g/mol. The second-order valence-electron chi connectivity index (χ2n) is 8.61. The van der Waals surface area contributed by atoms with Crippen LogP contribution in [0.4, 0.5) is 8.78 Å². The zero-order chi connectivity index (χ0) is 23.3. The molecule has 1 saturated heterocycles. The number of benzene rings is 2. The van der Waals surface area contributed by atoms with Gasteiger partial charge in [0.05, 0.1) is 10.1 Å². The molecule has 0 spiro atoms. The summed E-state index contributed by atoms with van der Waals surface area (Å²) in [5.41, 5.74) is -0.215. The molecule has 5 nitrogen and oxygen atoms in total. The van der Waals surface area contributed by atoms with Gasteiger partial charge in [0, 0.05) is 16.6 Å². The van der Waals surface area contributed by atoms with Crippen molar-refractivity contribution in [2.45, 2.75) is 60.0 Å². The lowest BCUT2D eigenvalue weighted by Gasteiger charge is -2.47. The molecule has 4 atom stereocenters. The molecule has 34 heavy (non-hydrogen) atoms. The van der Waals surface area contributed by atoms with E-state index in [4.69, 9.17) is 11.6 Å². The first-order valence-corrected chi connectivity index (χ1v) is 13.9. The van der Waals surface area contributed by atoms with Crippen LogP contribution >= 0.6 is 38.6 Å². The van der Waals surface area contributed by atoms with Crippen LogP contribution < -0.4 is 4.72 Å². The highest BCUT2D eigenvalue weighted by molar-refractivity contribution is 7.92. The van der Waals surface area contributed by atoms with Gasteiger partial charge in [0.25, 0.3) is 0 Å². The highest BCUT2D eigenvalue weighted by Crippen LogP contribution is 2.52. The van der Waals surface area contributed by atoms with E-state index in [1.807, 2.05) is 0 Å². The Morgan fingerprint density at radius 1 is 1.12 bits per heavy atom. The maximum absolute atomic E-state index is 15.0. The summed E-state index contributed by atoms with van der Waals surface area (Å²) >= 11 is 5.93. The molecule has 1 aliphatic heterocycles. The zero-order valence-electron chi connectivity index (χ0n) is 18.4. The Hall–Kier alpha value is -0.850. The van der Waals surface area contributed by atoms with Crippen LogP contribution in [0.15, 0.2) is 47.4 Å². The molecule has 2 aromatic carbocycles. The molecular formula is C22H28ClF2NO4S4. The second kappa shape index (κ2) is 10.6. The summed E-state index contributed by atoms with van der Waals surface area (Å²) in [5, 5.41) is -0.304. The van der Waals surface area contributed by atoms with E-state index < -0.39 is 47.5 Å². The summed E-state index contributed by atoms with van der Waals surface area (Å²) in [4.78, 5) is -0.0348. The number of sulfonamides is 1.